The Bertz CT molecular complexity index is 554. The van der Waals surface area contributed by atoms with Crippen LogP contribution in [-0.4, -0.2) is 82.9 Å². The molecular formula is C16H25N5O2. The van der Waals surface area contributed by atoms with E-state index in [4.69, 9.17) is 0 Å². The van der Waals surface area contributed by atoms with Crippen LogP contribution in [0.4, 0.5) is 5.82 Å². The molecule has 2 saturated heterocycles. The maximum Gasteiger partial charge on any atom is 0.243 e. The molecule has 7 heteroatoms. The number of piperazine rings is 1. The molecule has 1 aromatic rings. The molecule has 23 heavy (non-hydrogen) atoms. The van der Waals surface area contributed by atoms with Gasteiger partial charge in [-0.3, -0.25) is 9.69 Å². The molecule has 1 N–H and O–H groups in total. The first-order valence-electron chi connectivity index (χ1n) is 8.23. The van der Waals surface area contributed by atoms with Crippen molar-refractivity contribution in [2.24, 2.45) is 0 Å². The van der Waals surface area contributed by atoms with Crippen molar-refractivity contribution in [3.8, 4) is 0 Å². The third-order valence-corrected chi connectivity index (χ3v) is 5.19. The first-order chi connectivity index (χ1) is 11.1. The molecule has 0 saturated carbocycles. The van der Waals surface area contributed by atoms with Crippen LogP contribution in [0.1, 0.15) is 18.5 Å². The van der Waals surface area contributed by atoms with Gasteiger partial charge in [0.05, 0.1) is 12.3 Å². The van der Waals surface area contributed by atoms with Gasteiger partial charge in [-0.05, 0) is 38.9 Å². The van der Waals surface area contributed by atoms with Crippen LogP contribution >= 0.6 is 0 Å². The molecule has 3 heterocycles. The lowest BCUT2D eigenvalue weighted by Crippen LogP contribution is -2.68. The van der Waals surface area contributed by atoms with Crippen LogP contribution < -0.4 is 4.90 Å². The number of rotatable bonds is 3. The zero-order valence-corrected chi connectivity index (χ0v) is 13.9. The molecule has 1 amide bonds. The van der Waals surface area contributed by atoms with Gasteiger partial charge < -0.3 is 14.9 Å². The zero-order valence-electron chi connectivity index (χ0n) is 13.9. The number of β-amino-alcohol motifs (C(OH)–C–C–N with tert-alkyl or cyclic N) is 1. The molecule has 7 nitrogen and oxygen atoms in total. The SMILES string of the molecule is Cc1ccc(N2CCC3(CC2)C(=O)N(CCO)CCN3C)nn1. The molecule has 2 fully saturated rings. The molecule has 0 aliphatic carbocycles. The number of piperidine rings is 1. The van der Waals surface area contributed by atoms with E-state index in [9.17, 15) is 9.90 Å². The fraction of sp³-hybridized carbons (Fsp3) is 0.688. The van der Waals surface area contributed by atoms with E-state index in [1.165, 1.54) is 0 Å². The second-order valence-electron chi connectivity index (χ2n) is 6.49. The average Bonchev–Trinajstić information content (AvgIpc) is 2.57. The predicted octanol–water partition coefficient (Wildman–Crippen LogP) is -0.110. The molecule has 3 rings (SSSR count). The molecule has 0 radical (unpaired) electrons. The Morgan fingerprint density at radius 2 is 1.91 bits per heavy atom. The van der Waals surface area contributed by atoms with Gasteiger partial charge in [0.15, 0.2) is 5.82 Å². The van der Waals surface area contributed by atoms with E-state index < -0.39 is 5.54 Å². The summed E-state index contributed by atoms with van der Waals surface area (Å²) in [7, 11) is 2.04. The summed E-state index contributed by atoms with van der Waals surface area (Å²) in [5.74, 6) is 1.04. The largest absolute Gasteiger partial charge is 0.395 e. The van der Waals surface area contributed by atoms with Gasteiger partial charge in [-0.1, -0.05) is 0 Å². The number of likely N-dealkylation sites (N-methyl/N-ethyl adjacent to an activating group) is 1. The number of nitrogens with zero attached hydrogens (tertiary/aromatic N) is 5. The molecule has 0 bridgehead atoms. The Hall–Kier alpha value is -1.73. The van der Waals surface area contributed by atoms with E-state index in [0.29, 0.717) is 13.1 Å². The van der Waals surface area contributed by atoms with Gasteiger partial charge >= 0.3 is 0 Å². The summed E-state index contributed by atoms with van der Waals surface area (Å²) in [6, 6.07) is 3.96. The summed E-state index contributed by atoms with van der Waals surface area (Å²) in [5.41, 5.74) is 0.478. The number of carbonyl (C=O) groups excluding carboxylic acids is 1. The number of amides is 1. The van der Waals surface area contributed by atoms with Crippen LogP contribution in [0.15, 0.2) is 12.1 Å². The van der Waals surface area contributed by atoms with Crippen LogP contribution in [0.2, 0.25) is 0 Å². The van der Waals surface area contributed by atoms with Crippen molar-refractivity contribution in [1.29, 1.82) is 0 Å². The van der Waals surface area contributed by atoms with Crippen LogP contribution in [0, 0.1) is 6.92 Å². The third-order valence-electron chi connectivity index (χ3n) is 5.19. The van der Waals surface area contributed by atoms with Crippen molar-refractivity contribution in [3.63, 3.8) is 0 Å². The fourth-order valence-corrected chi connectivity index (χ4v) is 3.64. The third kappa shape index (κ3) is 2.90. The number of aliphatic hydroxyl groups excluding tert-OH is 1. The fourth-order valence-electron chi connectivity index (χ4n) is 3.64. The highest BCUT2D eigenvalue weighted by Crippen LogP contribution is 2.33. The molecular weight excluding hydrogens is 294 g/mol. The molecule has 1 aromatic heterocycles. The molecule has 2 aliphatic heterocycles. The summed E-state index contributed by atoms with van der Waals surface area (Å²) < 4.78 is 0. The second-order valence-corrected chi connectivity index (χ2v) is 6.49. The number of carbonyl (C=O) groups is 1. The lowest BCUT2D eigenvalue weighted by molar-refractivity contribution is -0.152. The monoisotopic (exact) mass is 319 g/mol. The highest BCUT2D eigenvalue weighted by molar-refractivity contribution is 5.87. The quantitative estimate of drug-likeness (QED) is 0.838. The summed E-state index contributed by atoms with van der Waals surface area (Å²) in [5, 5.41) is 17.5. The predicted molar refractivity (Wildman–Crippen MR) is 87.2 cm³/mol. The number of hydrogen-bond acceptors (Lipinski definition) is 6. The lowest BCUT2D eigenvalue weighted by Gasteiger charge is -2.51. The molecule has 126 valence electrons. The van der Waals surface area contributed by atoms with E-state index in [-0.39, 0.29) is 12.5 Å². The molecule has 2 aliphatic rings. The van der Waals surface area contributed by atoms with E-state index in [0.717, 1.165) is 44.0 Å². The van der Waals surface area contributed by atoms with Gasteiger partial charge in [0.1, 0.15) is 5.54 Å². The minimum atomic E-state index is -0.429. The van der Waals surface area contributed by atoms with E-state index in [1.807, 2.05) is 26.1 Å². The van der Waals surface area contributed by atoms with Gasteiger partial charge in [-0.15, -0.1) is 5.10 Å². The van der Waals surface area contributed by atoms with Crippen molar-refractivity contribution >= 4 is 11.7 Å². The van der Waals surface area contributed by atoms with Gasteiger partial charge in [0.25, 0.3) is 0 Å². The maximum absolute atomic E-state index is 12.9. The minimum Gasteiger partial charge on any atom is -0.395 e. The topological polar surface area (TPSA) is 72.8 Å². The smallest absolute Gasteiger partial charge is 0.243 e. The molecule has 1 spiro atoms. The van der Waals surface area contributed by atoms with Gasteiger partial charge in [-0.25, -0.2) is 0 Å². The highest BCUT2D eigenvalue weighted by atomic mass is 16.3. The van der Waals surface area contributed by atoms with Crippen molar-refractivity contribution in [3.05, 3.63) is 17.8 Å². The number of hydrogen-bond donors (Lipinski definition) is 1. The van der Waals surface area contributed by atoms with Crippen molar-refractivity contribution in [1.82, 2.24) is 20.0 Å². The van der Waals surface area contributed by atoms with Crippen LogP contribution in [0.3, 0.4) is 0 Å². The Kier molecular flexibility index (Phi) is 4.50. The minimum absolute atomic E-state index is 0.0244. The number of anilines is 1. The van der Waals surface area contributed by atoms with Gasteiger partial charge in [0.2, 0.25) is 5.91 Å². The Morgan fingerprint density at radius 1 is 1.17 bits per heavy atom. The molecule has 0 aromatic carbocycles. The summed E-state index contributed by atoms with van der Waals surface area (Å²) >= 11 is 0. The number of aryl methyl sites for hydroxylation is 1. The Labute approximate surface area is 136 Å². The first kappa shape index (κ1) is 16.1. The van der Waals surface area contributed by atoms with Crippen molar-refractivity contribution < 1.29 is 9.90 Å². The van der Waals surface area contributed by atoms with Crippen LogP contribution in [0.25, 0.3) is 0 Å². The van der Waals surface area contributed by atoms with E-state index >= 15 is 0 Å². The average molecular weight is 319 g/mol. The zero-order chi connectivity index (χ0) is 16.4. The Balaban J connectivity index is 1.72. The molecule has 0 unspecified atom stereocenters. The Morgan fingerprint density at radius 3 is 2.52 bits per heavy atom. The van der Waals surface area contributed by atoms with Crippen molar-refractivity contribution in [2.45, 2.75) is 25.3 Å². The summed E-state index contributed by atoms with van der Waals surface area (Å²) in [4.78, 5) is 19.1. The van der Waals surface area contributed by atoms with E-state index in [1.54, 1.807) is 4.90 Å². The first-order valence-corrected chi connectivity index (χ1v) is 8.23. The summed E-state index contributed by atoms with van der Waals surface area (Å²) in [6.07, 6.45) is 1.56. The van der Waals surface area contributed by atoms with E-state index in [2.05, 4.69) is 20.0 Å². The lowest BCUT2D eigenvalue weighted by atomic mass is 9.82. The standard InChI is InChI=1S/C16H25N5O2/c1-13-3-4-14(18-17-13)20-7-5-16(6-8-20)15(23)21(11-12-22)10-9-19(16)2/h3-4,22H,5-12H2,1-2H3. The molecule has 0 atom stereocenters. The van der Waals surface area contributed by atoms with Crippen molar-refractivity contribution in [2.75, 3.05) is 51.3 Å². The normalized spacial score (nSPS) is 22.0. The highest BCUT2D eigenvalue weighted by Gasteiger charge is 2.49. The summed E-state index contributed by atoms with van der Waals surface area (Å²) in [6.45, 7) is 5.52. The number of aliphatic hydroxyl groups is 1. The maximum atomic E-state index is 12.9. The van der Waals surface area contributed by atoms with Gasteiger partial charge in [0, 0.05) is 32.7 Å². The number of aromatic nitrogens is 2. The van der Waals surface area contributed by atoms with Gasteiger partial charge in [-0.2, -0.15) is 5.10 Å². The van der Waals surface area contributed by atoms with Crippen LogP contribution in [-0.2, 0) is 4.79 Å². The second kappa shape index (κ2) is 6.41. The van der Waals surface area contributed by atoms with Crippen LogP contribution in [0.5, 0.6) is 0 Å².